The fourth-order valence-electron chi connectivity index (χ4n) is 2.85. The van der Waals surface area contributed by atoms with Gasteiger partial charge in [0.25, 0.3) is 0 Å². The lowest BCUT2D eigenvalue weighted by atomic mass is 10.3. The SMILES string of the molecule is O=[N+]([O-])c1c(Cl)ccc2[nH]c(Cc3nc4c([N+](=O)[O-])c(Cl)ccc4[nH]3)nc12. The largest absolute Gasteiger partial charge is 0.341 e. The van der Waals surface area contributed by atoms with Crippen LogP contribution in [0.4, 0.5) is 11.4 Å². The Morgan fingerprint density at radius 3 is 1.59 bits per heavy atom. The molecule has 0 unspecified atom stereocenters. The number of aromatic nitrogens is 4. The van der Waals surface area contributed by atoms with Crippen LogP contribution in [0.2, 0.25) is 10.0 Å². The minimum absolute atomic E-state index is 0.0143. The Balaban J connectivity index is 1.79. The molecule has 0 bridgehead atoms. The Morgan fingerprint density at radius 1 is 0.815 bits per heavy atom. The van der Waals surface area contributed by atoms with Gasteiger partial charge >= 0.3 is 11.4 Å². The molecule has 2 N–H and O–H groups in total. The number of hydrogen-bond donors (Lipinski definition) is 2. The van der Waals surface area contributed by atoms with E-state index in [4.69, 9.17) is 23.2 Å². The smallest absolute Gasteiger partial charge is 0.315 e. The molecule has 10 nitrogen and oxygen atoms in total. The van der Waals surface area contributed by atoms with Gasteiger partial charge in [0, 0.05) is 0 Å². The zero-order chi connectivity index (χ0) is 19.3. The Hall–Kier alpha value is -3.24. The van der Waals surface area contributed by atoms with Crippen LogP contribution in [0.1, 0.15) is 11.6 Å². The summed E-state index contributed by atoms with van der Waals surface area (Å²) >= 11 is 11.8. The van der Waals surface area contributed by atoms with Crippen LogP contribution in [0.15, 0.2) is 24.3 Å². The number of nitrogens with zero attached hydrogens (tertiary/aromatic N) is 4. The van der Waals surface area contributed by atoms with E-state index in [9.17, 15) is 20.2 Å². The first-order valence-corrected chi connectivity index (χ1v) is 8.23. The highest BCUT2D eigenvalue weighted by Crippen LogP contribution is 2.33. The minimum atomic E-state index is -0.595. The Kier molecular flexibility index (Phi) is 3.93. The molecule has 2 heterocycles. The molecule has 12 heteroatoms. The minimum Gasteiger partial charge on any atom is -0.341 e. The zero-order valence-electron chi connectivity index (χ0n) is 13.2. The van der Waals surface area contributed by atoms with Crippen LogP contribution in [0.3, 0.4) is 0 Å². The van der Waals surface area contributed by atoms with Crippen molar-refractivity contribution in [1.29, 1.82) is 0 Å². The second-order valence-corrected chi connectivity index (χ2v) is 6.46. The van der Waals surface area contributed by atoms with Crippen LogP contribution < -0.4 is 0 Å². The van der Waals surface area contributed by atoms with E-state index in [1.807, 2.05) is 0 Å². The fraction of sp³-hybridized carbons (Fsp3) is 0.0667. The molecule has 4 aromatic rings. The van der Waals surface area contributed by atoms with Crippen LogP contribution in [-0.4, -0.2) is 29.8 Å². The number of imidazole rings is 2. The van der Waals surface area contributed by atoms with E-state index in [2.05, 4.69) is 19.9 Å². The first kappa shape index (κ1) is 17.2. The van der Waals surface area contributed by atoms with Gasteiger partial charge in [0.1, 0.15) is 21.7 Å². The summed E-state index contributed by atoms with van der Waals surface area (Å²) in [6.07, 6.45) is 0.146. The molecule has 0 saturated heterocycles. The molecule has 2 aromatic carbocycles. The first-order chi connectivity index (χ1) is 12.8. The third kappa shape index (κ3) is 2.84. The molecule has 0 spiro atoms. The first-order valence-electron chi connectivity index (χ1n) is 7.48. The van der Waals surface area contributed by atoms with Gasteiger partial charge < -0.3 is 9.97 Å². The van der Waals surface area contributed by atoms with Gasteiger partial charge in [0.15, 0.2) is 11.0 Å². The molecular weight excluding hydrogens is 399 g/mol. The van der Waals surface area contributed by atoms with Gasteiger partial charge in [0.2, 0.25) is 0 Å². The molecule has 0 radical (unpaired) electrons. The molecule has 27 heavy (non-hydrogen) atoms. The van der Waals surface area contributed by atoms with E-state index < -0.39 is 9.85 Å². The second-order valence-electron chi connectivity index (χ2n) is 5.64. The Bertz CT molecular complexity index is 1150. The summed E-state index contributed by atoms with van der Waals surface area (Å²) in [4.78, 5) is 35.7. The van der Waals surface area contributed by atoms with E-state index in [0.29, 0.717) is 22.7 Å². The molecule has 0 saturated carbocycles. The molecule has 0 aliphatic carbocycles. The number of H-pyrrole nitrogens is 2. The number of aromatic amines is 2. The standard InChI is InChI=1S/C15H8Cl2N6O4/c16-6-1-3-8-12(14(6)22(24)25)20-10(18-8)5-11-19-9-4-2-7(17)15(23(26)27)13(9)21-11/h1-4H,5H2,(H,18,20)(H,19,21). The number of halogens is 2. The number of fused-ring (bicyclic) bond motifs is 2. The summed E-state index contributed by atoms with van der Waals surface area (Å²) in [6.45, 7) is 0. The van der Waals surface area contributed by atoms with E-state index in [-0.39, 0.29) is 38.9 Å². The van der Waals surface area contributed by atoms with E-state index in [0.717, 1.165) is 0 Å². The van der Waals surface area contributed by atoms with Crippen molar-refractivity contribution < 1.29 is 9.85 Å². The van der Waals surface area contributed by atoms with Crippen LogP contribution in [0.25, 0.3) is 22.1 Å². The molecule has 136 valence electrons. The number of nitro groups is 2. The summed E-state index contributed by atoms with van der Waals surface area (Å²) in [7, 11) is 0. The summed E-state index contributed by atoms with van der Waals surface area (Å²) in [5.74, 6) is 0.784. The maximum Gasteiger partial charge on any atom is 0.315 e. The molecule has 0 aliphatic heterocycles. The third-order valence-corrected chi connectivity index (χ3v) is 4.57. The molecule has 4 rings (SSSR count). The number of nitro benzene ring substituents is 2. The van der Waals surface area contributed by atoms with Crippen molar-refractivity contribution in [3.63, 3.8) is 0 Å². The predicted octanol–water partition coefficient (Wildman–Crippen LogP) is 4.15. The average molecular weight is 407 g/mol. The molecule has 0 fully saturated rings. The van der Waals surface area contributed by atoms with Crippen molar-refractivity contribution in [2.45, 2.75) is 6.42 Å². The second kappa shape index (κ2) is 6.18. The van der Waals surface area contributed by atoms with Gasteiger partial charge in [-0.25, -0.2) is 9.97 Å². The Morgan fingerprint density at radius 2 is 1.22 bits per heavy atom. The average Bonchev–Trinajstić information content (AvgIpc) is 3.16. The normalized spacial score (nSPS) is 11.3. The number of hydrogen-bond acceptors (Lipinski definition) is 6. The van der Waals surface area contributed by atoms with Gasteiger partial charge in [-0.3, -0.25) is 20.2 Å². The summed E-state index contributed by atoms with van der Waals surface area (Å²) < 4.78 is 0. The lowest BCUT2D eigenvalue weighted by molar-refractivity contribution is -0.383. The third-order valence-electron chi connectivity index (χ3n) is 3.96. The van der Waals surface area contributed by atoms with Gasteiger partial charge in [-0.2, -0.15) is 0 Å². The number of benzene rings is 2. The van der Waals surface area contributed by atoms with Crippen molar-refractivity contribution in [2.24, 2.45) is 0 Å². The summed E-state index contributed by atoms with van der Waals surface area (Å²) in [5.41, 5.74) is 0.588. The molecule has 0 atom stereocenters. The van der Waals surface area contributed by atoms with E-state index in [1.54, 1.807) is 12.1 Å². The van der Waals surface area contributed by atoms with Gasteiger partial charge in [-0.1, -0.05) is 23.2 Å². The zero-order valence-corrected chi connectivity index (χ0v) is 14.7. The number of rotatable bonds is 4. The van der Waals surface area contributed by atoms with Crippen molar-refractivity contribution >= 4 is 56.6 Å². The molecule has 2 aromatic heterocycles. The van der Waals surface area contributed by atoms with Crippen LogP contribution >= 0.6 is 23.2 Å². The summed E-state index contributed by atoms with van der Waals surface area (Å²) in [5, 5.41) is 22.4. The van der Waals surface area contributed by atoms with Crippen molar-refractivity contribution in [3.05, 3.63) is 66.2 Å². The van der Waals surface area contributed by atoms with Gasteiger partial charge in [0.05, 0.1) is 27.3 Å². The van der Waals surface area contributed by atoms with Crippen molar-refractivity contribution in [3.8, 4) is 0 Å². The highest BCUT2D eigenvalue weighted by molar-refractivity contribution is 6.34. The van der Waals surface area contributed by atoms with Crippen molar-refractivity contribution in [2.75, 3.05) is 0 Å². The van der Waals surface area contributed by atoms with E-state index >= 15 is 0 Å². The van der Waals surface area contributed by atoms with Crippen LogP contribution in [0, 0.1) is 20.2 Å². The topological polar surface area (TPSA) is 144 Å². The highest BCUT2D eigenvalue weighted by atomic mass is 35.5. The Labute approximate surface area is 159 Å². The number of nitrogens with one attached hydrogen (secondary N) is 2. The van der Waals surface area contributed by atoms with Crippen LogP contribution in [-0.2, 0) is 6.42 Å². The maximum absolute atomic E-state index is 11.2. The molecule has 0 aliphatic rings. The highest BCUT2D eigenvalue weighted by Gasteiger charge is 2.23. The van der Waals surface area contributed by atoms with Gasteiger partial charge in [-0.05, 0) is 24.3 Å². The maximum atomic E-state index is 11.2. The fourth-order valence-corrected chi connectivity index (χ4v) is 3.29. The lowest BCUT2D eigenvalue weighted by Crippen LogP contribution is -1.94. The lowest BCUT2D eigenvalue weighted by Gasteiger charge is -1.94. The van der Waals surface area contributed by atoms with Gasteiger partial charge in [-0.15, -0.1) is 0 Å². The van der Waals surface area contributed by atoms with Crippen molar-refractivity contribution in [1.82, 2.24) is 19.9 Å². The molecular formula is C15H8Cl2N6O4. The van der Waals surface area contributed by atoms with Crippen LogP contribution in [0.5, 0.6) is 0 Å². The molecule has 0 amide bonds. The quantitative estimate of drug-likeness (QED) is 0.384. The predicted molar refractivity (Wildman–Crippen MR) is 98.3 cm³/mol. The van der Waals surface area contributed by atoms with E-state index in [1.165, 1.54) is 12.1 Å². The summed E-state index contributed by atoms with van der Waals surface area (Å²) in [6, 6.07) is 6.00. The monoisotopic (exact) mass is 406 g/mol.